The van der Waals surface area contributed by atoms with E-state index < -0.39 is 22.0 Å². The smallest absolute Gasteiger partial charge is 0.258 e. The molecule has 1 amide bonds. The molecule has 2 aromatic rings. The summed E-state index contributed by atoms with van der Waals surface area (Å²) in [7, 11) is -3.77. The molecular formula is C20H20ClN3O3S. The Morgan fingerprint density at radius 1 is 1.14 bits per heavy atom. The predicted molar refractivity (Wildman–Crippen MR) is 110 cm³/mol. The molecule has 1 heterocycles. The zero-order chi connectivity index (χ0) is 20.0. The normalized spacial score (nSPS) is 18.1. The summed E-state index contributed by atoms with van der Waals surface area (Å²) in [6, 6.07) is 14.8. The average Bonchev–Trinajstić information content (AvgIpc) is 3.20. The molecular weight excluding hydrogens is 398 g/mol. The number of nitrogens with one attached hydrogen (secondary N) is 1. The summed E-state index contributed by atoms with van der Waals surface area (Å²) in [5.74, 6) is -0.445. The van der Waals surface area contributed by atoms with E-state index in [2.05, 4.69) is 10.5 Å². The van der Waals surface area contributed by atoms with Crippen LogP contribution in [0.15, 0.2) is 70.7 Å². The summed E-state index contributed by atoms with van der Waals surface area (Å²) in [5.41, 5.74) is 3.44. The van der Waals surface area contributed by atoms with Crippen LogP contribution in [0.3, 0.4) is 0 Å². The molecule has 2 aromatic carbocycles. The number of carbonyl (C=O) groups excluding carboxylic acids is 1. The van der Waals surface area contributed by atoms with E-state index >= 15 is 0 Å². The monoisotopic (exact) mass is 417 g/mol. The molecule has 3 rings (SSSR count). The van der Waals surface area contributed by atoms with Gasteiger partial charge < -0.3 is 0 Å². The Bertz CT molecular complexity index is 974. The second-order valence-electron chi connectivity index (χ2n) is 6.25. The van der Waals surface area contributed by atoms with Crippen LogP contribution < -0.4 is 5.43 Å². The Kier molecular flexibility index (Phi) is 6.61. The van der Waals surface area contributed by atoms with Crippen LogP contribution in [0.25, 0.3) is 6.08 Å². The molecule has 1 aliphatic rings. The number of hydrazone groups is 1. The highest BCUT2D eigenvalue weighted by atomic mass is 35.5. The molecule has 6 nitrogen and oxygen atoms in total. The minimum Gasteiger partial charge on any atom is -0.271 e. The van der Waals surface area contributed by atoms with Gasteiger partial charge in [-0.3, -0.25) is 4.79 Å². The topological polar surface area (TPSA) is 78.8 Å². The van der Waals surface area contributed by atoms with Crippen LogP contribution in [0.2, 0.25) is 5.02 Å². The van der Waals surface area contributed by atoms with Crippen molar-refractivity contribution in [2.24, 2.45) is 5.10 Å². The van der Waals surface area contributed by atoms with Gasteiger partial charge in [-0.05, 0) is 48.7 Å². The third-order valence-corrected chi connectivity index (χ3v) is 6.52. The van der Waals surface area contributed by atoms with Gasteiger partial charge >= 0.3 is 0 Å². The summed E-state index contributed by atoms with van der Waals surface area (Å²) >= 11 is 5.83. The van der Waals surface area contributed by atoms with Crippen molar-refractivity contribution in [2.45, 2.75) is 23.8 Å². The Labute approximate surface area is 169 Å². The summed E-state index contributed by atoms with van der Waals surface area (Å²) in [4.78, 5) is 12.6. The number of hydrogen-bond acceptors (Lipinski definition) is 4. The SMILES string of the molecule is O=C(N/N=C\C=C\c1ccccc1)[C@@H]1CCCN1S(=O)(=O)c1ccc(Cl)cc1. The van der Waals surface area contributed by atoms with Crippen molar-refractivity contribution in [3.8, 4) is 0 Å². The Morgan fingerprint density at radius 3 is 2.57 bits per heavy atom. The van der Waals surface area contributed by atoms with Crippen LogP contribution >= 0.6 is 11.6 Å². The number of sulfonamides is 1. The maximum atomic E-state index is 12.8. The van der Waals surface area contributed by atoms with E-state index in [-0.39, 0.29) is 4.90 Å². The minimum atomic E-state index is -3.77. The number of hydrogen-bond donors (Lipinski definition) is 1. The van der Waals surface area contributed by atoms with Crippen molar-refractivity contribution in [1.29, 1.82) is 0 Å². The summed E-state index contributed by atoms with van der Waals surface area (Å²) in [5, 5.41) is 4.33. The quantitative estimate of drug-likeness (QED) is 0.578. The number of halogens is 1. The lowest BCUT2D eigenvalue weighted by atomic mass is 10.2. The van der Waals surface area contributed by atoms with E-state index in [0.29, 0.717) is 24.4 Å². The van der Waals surface area contributed by atoms with Gasteiger partial charge in [-0.25, -0.2) is 13.8 Å². The number of nitrogens with zero attached hydrogens (tertiary/aromatic N) is 2. The molecule has 8 heteroatoms. The van der Waals surface area contributed by atoms with Crippen molar-refractivity contribution < 1.29 is 13.2 Å². The van der Waals surface area contributed by atoms with Crippen LogP contribution in [0, 0.1) is 0 Å². The maximum Gasteiger partial charge on any atom is 0.258 e. The van der Waals surface area contributed by atoms with Crippen molar-refractivity contribution in [3.05, 3.63) is 71.3 Å². The molecule has 1 saturated heterocycles. The zero-order valence-corrected chi connectivity index (χ0v) is 16.6. The lowest BCUT2D eigenvalue weighted by Crippen LogP contribution is -2.44. The van der Waals surface area contributed by atoms with E-state index in [1.165, 1.54) is 34.8 Å². The first-order valence-electron chi connectivity index (χ1n) is 8.80. The Balaban J connectivity index is 1.63. The minimum absolute atomic E-state index is 0.117. The molecule has 1 N–H and O–H groups in total. The number of allylic oxidation sites excluding steroid dienone is 1. The van der Waals surface area contributed by atoms with Crippen molar-refractivity contribution in [1.82, 2.24) is 9.73 Å². The van der Waals surface area contributed by atoms with E-state index in [9.17, 15) is 13.2 Å². The van der Waals surface area contributed by atoms with Crippen LogP contribution in [0.4, 0.5) is 0 Å². The Hall–Kier alpha value is -2.48. The van der Waals surface area contributed by atoms with Crippen molar-refractivity contribution >= 4 is 39.8 Å². The first-order valence-corrected chi connectivity index (χ1v) is 10.6. The van der Waals surface area contributed by atoms with Gasteiger partial charge in [0, 0.05) is 17.8 Å². The molecule has 0 unspecified atom stereocenters. The molecule has 0 aromatic heterocycles. The second-order valence-corrected chi connectivity index (χ2v) is 8.58. The fourth-order valence-electron chi connectivity index (χ4n) is 2.97. The number of amides is 1. The van der Waals surface area contributed by atoms with Gasteiger partial charge in [0.2, 0.25) is 10.0 Å². The number of rotatable bonds is 6. The third kappa shape index (κ3) is 4.86. The largest absolute Gasteiger partial charge is 0.271 e. The third-order valence-electron chi connectivity index (χ3n) is 4.35. The van der Waals surface area contributed by atoms with Crippen molar-refractivity contribution in [2.75, 3.05) is 6.54 Å². The van der Waals surface area contributed by atoms with E-state index in [0.717, 1.165) is 5.56 Å². The average molecular weight is 418 g/mol. The molecule has 0 radical (unpaired) electrons. The molecule has 0 saturated carbocycles. The first kappa shape index (κ1) is 20.3. The molecule has 0 spiro atoms. The number of benzene rings is 2. The molecule has 0 aliphatic carbocycles. The summed E-state index contributed by atoms with van der Waals surface area (Å²) in [6.07, 6.45) is 6.07. The highest BCUT2D eigenvalue weighted by Gasteiger charge is 2.39. The fourth-order valence-corrected chi connectivity index (χ4v) is 4.75. The highest BCUT2D eigenvalue weighted by molar-refractivity contribution is 7.89. The van der Waals surface area contributed by atoms with Gasteiger partial charge in [0.05, 0.1) is 4.90 Å². The van der Waals surface area contributed by atoms with E-state index in [1.54, 1.807) is 6.08 Å². The van der Waals surface area contributed by atoms with Gasteiger partial charge in [-0.15, -0.1) is 0 Å². The van der Waals surface area contributed by atoms with Gasteiger partial charge in [-0.1, -0.05) is 48.0 Å². The Morgan fingerprint density at radius 2 is 1.86 bits per heavy atom. The van der Waals surface area contributed by atoms with E-state index in [1.807, 2.05) is 36.4 Å². The van der Waals surface area contributed by atoms with Crippen LogP contribution in [0.5, 0.6) is 0 Å². The lowest BCUT2D eigenvalue weighted by Gasteiger charge is -2.22. The van der Waals surface area contributed by atoms with Crippen LogP contribution in [-0.4, -0.2) is 37.4 Å². The molecule has 28 heavy (non-hydrogen) atoms. The highest BCUT2D eigenvalue weighted by Crippen LogP contribution is 2.27. The van der Waals surface area contributed by atoms with Gasteiger partial charge in [0.15, 0.2) is 0 Å². The first-order chi connectivity index (χ1) is 13.5. The van der Waals surface area contributed by atoms with Gasteiger partial charge in [-0.2, -0.15) is 9.41 Å². The van der Waals surface area contributed by atoms with Crippen molar-refractivity contribution in [3.63, 3.8) is 0 Å². The fraction of sp³-hybridized carbons (Fsp3) is 0.200. The second kappa shape index (κ2) is 9.14. The molecule has 1 fully saturated rings. The molecule has 1 atom stereocenters. The van der Waals surface area contributed by atoms with E-state index in [4.69, 9.17) is 11.6 Å². The van der Waals surface area contributed by atoms with Gasteiger partial charge in [0.25, 0.3) is 5.91 Å². The zero-order valence-electron chi connectivity index (χ0n) is 15.0. The lowest BCUT2D eigenvalue weighted by molar-refractivity contribution is -0.124. The summed E-state index contributed by atoms with van der Waals surface area (Å²) < 4.78 is 26.9. The predicted octanol–water partition coefficient (Wildman–Crippen LogP) is 3.31. The maximum absolute atomic E-state index is 12.8. The summed E-state index contributed by atoms with van der Waals surface area (Å²) in [6.45, 7) is 0.292. The molecule has 0 bridgehead atoms. The molecule has 1 aliphatic heterocycles. The van der Waals surface area contributed by atoms with Crippen LogP contribution in [-0.2, 0) is 14.8 Å². The molecule has 146 valence electrons. The standard InChI is InChI=1S/C20H20ClN3O3S/c21-17-10-12-18(13-11-17)28(26,27)24-15-5-9-19(24)20(25)23-22-14-4-8-16-6-2-1-3-7-16/h1-4,6-8,10-14,19H,5,9,15H2,(H,23,25)/b8-4+,22-14-/t19-/m0/s1. The van der Waals surface area contributed by atoms with Gasteiger partial charge in [0.1, 0.15) is 6.04 Å². The van der Waals surface area contributed by atoms with Crippen LogP contribution in [0.1, 0.15) is 18.4 Å². The number of carbonyl (C=O) groups is 1.